The molecule has 0 aromatic heterocycles. The van der Waals surface area contributed by atoms with Crippen molar-refractivity contribution in [2.24, 2.45) is 0 Å². The summed E-state index contributed by atoms with van der Waals surface area (Å²) < 4.78 is 15.1. The molecule has 10 heavy (non-hydrogen) atoms. The number of carbonyl (C=O) groups excluding carboxylic acids is 1. The minimum absolute atomic E-state index is 0.376. The molecule has 0 N–H and O–H groups in total. The highest BCUT2D eigenvalue weighted by atomic mass is 19.1. The second-order valence-electron chi connectivity index (χ2n) is 1.41. The summed E-state index contributed by atoms with van der Waals surface area (Å²) in [6.07, 6.45) is 0. The van der Waals surface area contributed by atoms with Gasteiger partial charge in [0.2, 0.25) is 6.86 Å². The first-order valence-corrected chi connectivity index (χ1v) is 2.33. The summed E-state index contributed by atoms with van der Waals surface area (Å²) >= 11 is 0. The summed E-state index contributed by atoms with van der Waals surface area (Å²) in [6, 6.07) is 0. The van der Waals surface area contributed by atoms with Gasteiger partial charge in [-0.3, -0.25) is 0 Å². The first-order chi connectivity index (χ1) is 4.59. The lowest BCUT2D eigenvalue weighted by Gasteiger charge is -2.01. The molecule has 0 bridgehead atoms. The van der Waals surface area contributed by atoms with Crippen molar-refractivity contribution in [3.8, 4) is 0 Å². The molecule has 6 heteroatoms. The highest BCUT2D eigenvalue weighted by molar-refractivity contribution is 6.55. The fourth-order valence-electron chi connectivity index (χ4n) is 0.245. The van der Waals surface area contributed by atoms with Crippen molar-refractivity contribution in [1.82, 2.24) is 0 Å². The topological polar surface area (TPSA) is 26.3 Å². The predicted octanol–water partition coefficient (Wildman–Crippen LogP) is -0.869. The van der Waals surface area contributed by atoms with E-state index < -0.39 is 18.3 Å². The Labute approximate surface area is 62.0 Å². The van der Waals surface area contributed by atoms with E-state index in [-0.39, 0.29) is 5.37 Å². The summed E-state index contributed by atoms with van der Waals surface area (Å²) in [5.41, 5.74) is -0.474. The molecule has 6 radical (unpaired) electrons. The van der Waals surface area contributed by atoms with E-state index in [0.29, 0.717) is 0 Å². The van der Waals surface area contributed by atoms with Crippen molar-refractivity contribution in [2.75, 3.05) is 6.86 Å². The molecule has 0 heterocycles. The normalized spacial score (nSPS) is 8.50. The maximum absolute atomic E-state index is 11.3. The highest BCUT2D eigenvalue weighted by Gasteiger charge is 2.03. The average molecular weight is 133 g/mol. The quantitative estimate of drug-likeness (QED) is 0.278. The number of carbonyl (C=O) groups is 1. The van der Waals surface area contributed by atoms with E-state index in [1.807, 2.05) is 0 Å². The van der Waals surface area contributed by atoms with Crippen molar-refractivity contribution in [2.45, 2.75) is 0 Å². The van der Waals surface area contributed by atoms with Crippen LogP contribution in [0.4, 0.5) is 4.39 Å². The minimum Gasteiger partial charge on any atom is -0.431 e. The largest absolute Gasteiger partial charge is 0.431 e. The van der Waals surface area contributed by atoms with Crippen molar-refractivity contribution >= 4 is 29.5 Å². The van der Waals surface area contributed by atoms with Crippen LogP contribution in [0.1, 0.15) is 0 Å². The molecule has 0 aromatic rings. The molecule has 0 spiro atoms. The molecule has 0 atom stereocenters. The molecule has 0 rings (SSSR count). The SMILES string of the molecule is [B]C([B])=C([B])C(=O)OCF. The van der Waals surface area contributed by atoms with Crippen LogP contribution in [0.25, 0.3) is 0 Å². The van der Waals surface area contributed by atoms with Gasteiger partial charge in [0.1, 0.15) is 7.85 Å². The average Bonchev–Trinajstić information content (AvgIpc) is 1.87. The molecular weight excluding hydrogens is 131 g/mol. The van der Waals surface area contributed by atoms with Crippen LogP contribution in [0.2, 0.25) is 0 Å². The summed E-state index contributed by atoms with van der Waals surface area (Å²) in [5.74, 6) is -1.05. The van der Waals surface area contributed by atoms with Crippen LogP contribution >= 0.6 is 0 Å². The van der Waals surface area contributed by atoms with Crippen molar-refractivity contribution in [3.63, 3.8) is 0 Å². The number of hydrogen-bond donors (Lipinski definition) is 0. The van der Waals surface area contributed by atoms with E-state index in [1.165, 1.54) is 0 Å². The summed E-state index contributed by atoms with van der Waals surface area (Å²) in [7, 11) is 14.7. The Balaban J connectivity index is 4.09. The molecule has 0 fully saturated rings. The molecule has 0 amide bonds. The molecule has 0 unspecified atom stereocenters. The summed E-state index contributed by atoms with van der Waals surface area (Å²) in [4.78, 5) is 10.4. The van der Waals surface area contributed by atoms with E-state index in [9.17, 15) is 9.18 Å². The fourth-order valence-corrected chi connectivity index (χ4v) is 0.245. The lowest BCUT2D eigenvalue weighted by molar-refractivity contribution is -0.142. The summed E-state index contributed by atoms with van der Waals surface area (Å²) in [6.45, 7) is -1.24. The smallest absolute Gasteiger partial charge is 0.324 e. The van der Waals surface area contributed by atoms with Crippen LogP contribution in [0.3, 0.4) is 0 Å². The van der Waals surface area contributed by atoms with Gasteiger partial charge in [-0.2, -0.15) is 5.37 Å². The third-order valence-electron chi connectivity index (χ3n) is 0.717. The third kappa shape index (κ3) is 2.76. The molecule has 0 aliphatic rings. The highest BCUT2D eigenvalue weighted by Crippen LogP contribution is 1.95. The van der Waals surface area contributed by atoms with Gasteiger partial charge in [-0.05, 0) is 5.47 Å². The number of hydrogen-bond acceptors (Lipinski definition) is 2. The molecule has 0 saturated carbocycles. The zero-order valence-electron chi connectivity index (χ0n) is 5.13. The first-order valence-electron chi connectivity index (χ1n) is 2.33. The lowest BCUT2D eigenvalue weighted by atomic mass is 9.69. The van der Waals surface area contributed by atoms with Crippen LogP contribution in [0, 0.1) is 0 Å². The van der Waals surface area contributed by atoms with E-state index in [4.69, 9.17) is 23.5 Å². The number of alkyl halides is 1. The molecule has 2 nitrogen and oxygen atoms in total. The minimum atomic E-state index is -1.24. The molecule has 0 aliphatic heterocycles. The third-order valence-corrected chi connectivity index (χ3v) is 0.717. The van der Waals surface area contributed by atoms with Gasteiger partial charge in [-0.1, -0.05) is 0 Å². The van der Waals surface area contributed by atoms with Gasteiger partial charge in [0.15, 0.2) is 0 Å². The van der Waals surface area contributed by atoms with Crippen molar-refractivity contribution in [1.29, 1.82) is 0 Å². The molecule has 0 saturated heterocycles. The predicted molar refractivity (Wildman–Crippen MR) is 36.4 cm³/mol. The van der Waals surface area contributed by atoms with E-state index in [1.54, 1.807) is 0 Å². The Hall–Kier alpha value is -0.665. The summed E-state index contributed by atoms with van der Waals surface area (Å²) in [5, 5.41) is -0.376. The molecule has 0 aromatic carbocycles. The molecular formula is C4H2B3FO2. The maximum atomic E-state index is 11.3. The fraction of sp³-hybridized carbons (Fsp3) is 0.250. The maximum Gasteiger partial charge on any atom is 0.324 e. The van der Waals surface area contributed by atoms with Crippen LogP contribution in [0.15, 0.2) is 10.8 Å². The van der Waals surface area contributed by atoms with Gasteiger partial charge in [0.05, 0.1) is 15.7 Å². The van der Waals surface area contributed by atoms with Gasteiger partial charge in [0.25, 0.3) is 0 Å². The van der Waals surface area contributed by atoms with E-state index >= 15 is 0 Å². The van der Waals surface area contributed by atoms with Crippen LogP contribution in [-0.2, 0) is 9.53 Å². The van der Waals surface area contributed by atoms with Gasteiger partial charge < -0.3 is 4.74 Å². The van der Waals surface area contributed by atoms with Crippen LogP contribution in [-0.4, -0.2) is 36.4 Å². The monoisotopic (exact) mass is 134 g/mol. The Bertz CT molecular complexity index is 164. The van der Waals surface area contributed by atoms with Gasteiger partial charge in [0, 0.05) is 0 Å². The molecule has 46 valence electrons. The number of rotatable bonds is 2. The molecule has 0 aliphatic carbocycles. The van der Waals surface area contributed by atoms with Gasteiger partial charge in [-0.25, -0.2) is 9.18 Å². The zero-order valence-corrected chi connectivity index (χ0v) is 5.13. The van der Waals surface area contributed by atoms with Crippen LogP contribution < -0.4 is 0 Å². The second-order valence-corrected chi connectivity index (χ2v) is 1.41. The number of esters is 1. The van der Waals surface area contributed by atoms with Crippen LogP contribution in [0.5, 0.6) is 0 Å². The number of ether oxygens (including phenoxy) is 1. The van der Waals surface area contributed by atoms with Gasteiger partial charge >= 0.3 is 5.97 Å². The Morgan fingerprint density at radius 3 is 2.20 bits per heavy atom. The number of halogens is 1. The second kappa shape index (κ2) is 4.20. The standard InChI is InChI=1S/C4H2B3FO2/c5-2(3(6)7)4(9)10-1-8/h1H2. The van der Waals surface area contributed by atoms with E-state index in [0.717, 1.165) is 0 Å². The lowest BCUT2D eigenvalue weighted by Crippen LogP contribution is -2.10. The van der Waals surface area contributed by atoms with Crippen molar-refractivity contribution in [3.05, 3.63) is 10.8 Å². The van der Waals surface area contributed by atoms with E-state index in [2.05, 4.69) is 4.74 Å². The Morgan fingerprint density at radius 2 is 1.90 bits per heavy atom. The van der Waals surface area contributed by atoms with Crippen molar-refractivity contribution < 1.29 is 13.9 Å². The first kappa shape index (κ1) is 9.33. The Morgan fingerprint density at radius 1 is 1.40 bits per heavy atom. The Kier molecular flexibility index (Phi) is 3.92. The zero-order chi connectivity index (χ0) is 8.15. The van der Waals surface area contributed by atoms with Gasteiger partial charge in [-0.15, -0.1) is 0 Å².